The smallest absolute Gasteiger partial charge is 0.383 e. The highest BCUT2D eigenvalue weighted by Crippen LogP contribution is 2.33. The fourth-order valence-electron chi connectivity index (χ4n) is 3.46. The molecule has 5 rings (SSSR count). The van der Waals surface area contributed by atoms with Gasteiger partial charge in [-0.25, -0.2) is 14.6 Å². The number of carbonyl (C=O) groups excluding carboxylic acids is 1. The number of hydrogen-bond acceptors (Lipinski definition) is 7. The standard InChI is InChI=1S/C21H13ClF3N9O/c22-15-8-11(9-28-19(15)34-29-6-7-30-34)31-20(35)14-10-33(32-17(14)21(23,24)25)16-3-1-2-13-12(16)4-5-27-18(13)26/h1-10H,(H2,26,27)(H,31,35). The predicted molar refractivity (Wildman–Crippen MR) is 120 cm³/mol. The molecule has 0 unspecified atom stereocenters. The lowest BCUT2D eigenvalue weighted by atomic mass is 10.1. The van der Waals surface area contributed by atoms with E-state index in [-0.39, 0.29) is 22.3 Å². The number of amides is 1. The molecule has 0 fully saturated rings. The minimum Gasteiger partial charge on any atom is -0.383 e. The number of hydrogen-bond donors (Lipinski definition) is 2. The number of halogens is 4. The number of fused-ring (bicyclic) bond motifs is 1. The lowest BCUT2D eigenvalue weighted by Gasteiger charge is -2.08. The van der Waals surface area contributed by atoms with Gasteiger partial charge in [-0.3, -0.25) is 4.79 Å². The molecule has 1 amide bonds. The van der Waals surface area contributed by atoms with E-state index in [9.17, 15) is 18.0 Å². The van der Waals surface area contributed by atoms with Crippen molar-refractivity contribution in [3.8, 4) is 11.5 Å². The number of alkyl halides is 3. The van der Waals surface area contributed by atoms with Crippen LogP contribution in [0.15, 0.2) is 61.3 Å². The Morgan fingerprint density at radius 1 is 1.06 bits per heavy atom. The summed E-state index contributed by atoms with van der Waals surface area (Å²) in [5.41, 5.74) is 4.20. The number of nitrogen functional groups attached to an aromatic ring is 1. The number of pyridine rings is 2. The molecule has 176 valence electrons. The number of rotatable bonds is 4. The van der Waals surface area contributed by atoms with Gasteiger partial charge >= 0.3 is 6.18 Å². The Balaban J connectivity index is 1.53. The van der Waals surface area contributed by atoms with Gasteiger partial charge in [-0.2, -0.15) is 28.5 Å². The summed E-state index contributed by atoms with van der Waals surface area (Å²) in [6.07, 6.45) is 1.60. The number of nitrogens with zero attached hydrogens (tertiary/aromatic N) is 7. The Hall–Kier alpha value is -4.52. The molecule has 14 heteroatoms. The molecule has 0 bridgehead atoms. The summed E-state index contributed by atoms with van der Waals surface area (Å²) >= 11 is 6.18. The van der Waals surface area contributed by atoms with Crippen LogP contribution in [0.2, 0.25) is 5.02 Å². The Labute approximate surface area is 199 Å². The highest BCUT2D eigenvalue weighted by atomic mass is 35.5. The molecule has 4 heterocycles. The maximum Gasteiger partial charge on any atom is 0.435 e. The van der Waals surface area contributed by atoms with Gasteiger partial charge in [-0.05, 0) is 18.2 Å². The molecule has 0 radical (unpaired) electrons. The van der Waals surface area contributed by atoms with E-state index >= 15 is 0 Å². The molecule has 0 saturated heterocycles. The zero-order chi connectivity index (χ0) is 24.7. The van der Waals surface area contributed by atoms with E-state index in [1.54, 1.807) is 24.3 Å². The van der Waals surface area contributed by atoms with Crippen LogP contribution in [0.5, 0.6) is 0 Å². The Morgan fingerprint density at radius 3 is 2.54 bits per heavy atom. The minimum atomic E-state index is -4.89. The van der Waals surface area contributed by atoms with Crippen molar-refractivity contribution in [3.63, 3.8) is 0 Å². The van der Waals surface area contributed by atoms with E-state index in [0.29, 0.717) is 16.5 Å². The highest BCUT2D eigenvalue weighted by molar-refractivity contribution is 6.32. The van der Waals surface area contributed by atoms with Gasteiger partial charge in [0.25, 0.3) is 5.91 Å². The van der Waals surface area contributed by atoms with E-state index in [1.165, 1.54) is 30.9 Å². The monoisotopic (exact) mass is 499 g/mol. The van der Waals surface area contributed by atoms with Crippen LogP contribution in [0, 0.1) is 0 Å². The van der Waals surface area contributed by atoms with Gasteiger partial charge in [0.15, 0.2) is 11.5 Å². The van der Waals surface area contributed by atoms with Crippen LogP contribution in [-0.4, -0.2) is 40.6 Å². The molecule has 0 aliphatic rings. The van der Waals surface area contributed by atoms with Gasteiger partial charge in [0, 0.05) is 23.2 Å². The second-order valence-electron chi connectivity index (χ2n) is 7.20. The lowest BCUT2D eigenvalue weighted by molar-refractivity contribution is -0.141. The summed E-state index contributed by atoms with van der Waals surface area (Å²) in [5.74, 6) is -0.653. The fraction of sp³-hybridized carbons (Fsp3) is 0.0476. The summed E-state index contributed by atoms with van der Waals surface area (Å²) in [6, 6.07) is 7.77. The lowest BCUT2D eigenvalue weighted by Crippen LogP contribution is -2.18. The van der Waals surface area contributed by atoms with Gasteiger partial charge in [-0.15, -0.1) is 4.80 Å². The fourth-order valence-corrected chi connectivity index (χ4v) is 3.70. The first-order chi connectivity index (χ1) is 16.7. The Morgan fingerprint density at radius 2 is 1.83 bits per heavy atom. The molecule has 0 saturated carbocycles. The van der Waals surface area contributed by atoms with E-state index < -0.39 is 23.3 Å². The summed E-state index contributed by atoms with van der Waals surface area (Å²) in [4.78, 5) is 22.1. The summed E-state index contributed by atoms with van der Waals surface area (Å²) in [7, 11) is 0. The van der Waals surface area contributed by atoms with Crippen molar-refractivity contribution in [2.45, 2.75) is 6.18 Å². The van der Waals surface area contributed by atoms with Crippen molar-refractivity contribution < 1.29 is 18.0 Å². The average Bonchev–Trinajstić information content (AvgIpc) is 3.50. The molecule has 10 nitrogen and oxygen atoms in total. The van der Waals surface area contributed by atoms with Gasteiger partial charge in [0.2, 0.25) is 0 Å². The SMILES string of the molecule is Nc1nccc2c(-n3cc(C(=O)Nc4cnc(-n5nccn5)c(Cl)c4)c(C(F)(F)F)n3)cccc12. The quantitative estimate of drug-likeness (QED) is 0.383. The Bertz CT molecular complexity index is 1560. The molecule has 35 heavy (non-hydrogen) atoms. The van der Waals surface area contributed by atoms with Gasteiger partial charge in [-0.1, -0.05) is 23.7 Å². The highest BCUT2D eigenvalue weighted by Gasteiger charge is 2.39. The molecular formula is C21H13ClF3N9O. The second kappa shape index (κ2) is 8.36. The zero-order valence-electron chi connectivity index (χ0n) is 17.4. The van der Waals surface area contributed by atoms with Crippen LogP contribution in [0.3, 0.4) is 0 Å². The number of benzene rings is 1. The third kappa shape index (κ3) is 4.12. The normalized spacial score (nSPS) is 11.7. The van der Waals surface area contributed by atoms with Crippen LogP contribution in [0.25, 0.3) is 22.3 Å². The van der Waals surface area contributed by atoms with E-state index in [0.717, 1.165) is 15.7 Å². The van der Waals surface area contributed by atoms with Crippen molar-refractivity contribution in [1.29, 1.82) is 0 Å². The van der Waals surface area contributed by atoms with Crippen LogP contribution >= 0.6 is 11.6 Å². The third-order valence-corrected chi connectivity index (χ3v) is 5.25. The molecule has 0 aliphatic heterocycles. The maximum atomic E-state index is 13.8. The van der Waals surface area contributed by atoms with E-state index in [1.807, 2.05) is 0 Å². The zero-order valence-corrected chi connectivity index (χ0v) is 18.2. The van der Waals surface area contributed by atoms with Gasteiger partial charge in [0.05, 0.1) is 40.6 Å². The first kappa shape index (κ1) is 22.3. The molecule has 0 atom stereocenters. The molecule has 5 aromatic rings. The maximum absolute atomic E-state index is 13.8. The minimum absolute atomic E-state index is 0.0702. The topological polar surface area (TPSA) is 129 Å². The number of carbonyl (C=O) groups is 1. The summed E-state index contributed by atoms with van der Waals surface area (Å²) < 4.78 is 42.4. The van der Waals surface area contributed by atoms with Gasteiger partial charge < -0.3 is 11.1 Å². The number of anilines is 2. The first-order valence-electron chi connectivity index (χ1n) is 9.86. The van der Waals surface area contributed by atoms with Crippen LogP contribution < -0.4 is 11.1 Å². The number of nitrogens with two attached hydrogens (primary N) is 1. The second-order valence-corrected chi connectivity index (χ2v) is 7.61. The molecule has 3 N–H and O–H groups in total. The van der Waals surface area contributed by atoms with Crippen LogP contribution in [-0.2, 0) is 6.18 Å². The van der Waals surface area contributed by atoms with Crippen molar-refractivity contribution in [2.75, 3.05) is 11.1 Å². The number of nitrogens with one attached hydrogen (secondary N) is 1. The van der Waals surface area contributed by atoms with Crippen molar-refractivity contribution in [3.05, 3.63) is 77.6 Å². The van der Waals surface area contributed by atoms with E-state index in [4.69, 9.17) is 17.3 Å². The van der Waals surface area contributed by atoms with Crippen molar-refractivity contribution in [1.82, 2.24) is 34.7 Å². The molecule has 0 aliphatic carbocycles. The summed E-state index contributed by atoms with van der Waals surface area (Å²) in [5, 5.41) is 15.0. The molecule has 1 aromatic carbocycles. The largest absolute Gasteiger partial charge is 0.435 e. The van der Waals surface area contributed by atoms with Gasteiger partial charge in [0.1, 0.15) is 5.82 Å². The van der Waals surface area contributed by atoms with Crippen LogP contribution in [0.4, 0.5) is 24.7 Å². The summed E-state index contributed by atoms with van der Waals surface area (Å²) in [6.45, 7) is 0. The van der Waals surface area contributed by atoms with Crippen molar-refractivity contribution in [2.24, 2.45) is 0 Å². The van der Waals surface area contributed by atoms with Crippen molar-refractivity contribution >= 4 is 39.8 Å². The molecular weight excluding hydrogens is 487 g/mol. The van der Waals surface area contributed by atoms with E-state index in [2.05, 4.69) is 30.6 Å². The predicted octanol–water partition coefficient (Wildman–Crippen LogP) is 3.90. The average molecular weight is 500 g/mol. The third-order valence-electron chi connectivity index (χ3n) is 4.98. The van der Waals surface area contributed by atoms with Crippen LogP contribution in [0.1, 0.15) is 16.1 Å². The first-order valence-corrected chi connectivity index (χ1v) is 10.2. The number of aromatic nitrogens is 7. The molecule has 4 aromatic heterocycles. The molecule has 0 spiro atoms. The Kier molecular flexibility index (Phi) is 5.32.